The molecule has 0 saturated carbocycles. The van der Waals surface area contributed by atoms with E-state index in [9.17, 15) is 14.3 Å². The normalized spacial score (nSPS) is 20.5. The summed E-state index contributed by atoms with van der Waals surface area (Å²) >= 11 is 0. The van der Waals surface area contributed by atoms with Gasteiger partial charge in [0.1, 0.15) is 11.4 Å². The van der Waals surface area contributed by atoms with Gasteiger partial charge in [0.2, 0.25) is 0 Å². The molecule has 6 heteroatoms. The first kappa shape index (κ1) is 17.5. The van der Waals surface area contributed by atoms with Gasteiger partial charge < -0.3 is 14.7 Å². The molecule has 1 aliphatic heterocycles. The number of halogens is 1. The summed E-state index contributed by atoms with van der Waals surface area (Å²) < 4.78 is 18.9. The number of nitrogens with zero attached hydrogens (tertiary/aromatic N) is 2. The first-order chi connectivity index (χ1) is 12.0. The van der Waals surface area contributed by atoms with E-state index < -0.39 is 5.60 Å². The number of amides is 1. The Bertz CT molecular complexity index is 751. The van der Waals surface area contributed by atoms with Crippen molar-refractivity contribution in [3.63, 3.8) is 0 Å². The predicted octanol–water partition coefficient (Wildman–Crippen LogP) is 1.98. The summed E-state index contributed by atoms with van der Waals surface area (Å²) in [6.45, 7) is 2.72. The molecule has 5 nitrogen and oxygen atoms in total. The van der Waals surface area contributed by atoms with Gasteiger partial charge in [-0.25, -0.2) is 4.39 Å². The smallest absolute Gasteiger partial charge is 0.254 e. The number of carbonyl (C=O) groups excluding carboxylic acids is 1. The van der Waals surface area contributed by atoms with E-state index in [1.165, 1.54) is 12.1 Å². The molecule has 0 unspecified atom stereocenters. The van der Waals surface area contributed by atoms with Crippen LogP contribution in [0.15, 0.2) is 42.7 Å². The third-order valence-corrected chi connectivity index (χ3v) is 4.51. The van der Waals surface area contributed by atoms with E-state index in [0.29, 0.717) is 25.1 Å². The van der Waals surface area contributed by atoms with Crippen LogP contribution in [0.1, 0.15) is 21.5 Å². The number of morpholine rings is 1. The number of carbonyl (C=O) groups is 1. The van der Waals surface area contributed by atoms with Crippen molar-refractivity contribution in [1.82, 2.24) is 9.88 Å². The summed E-state index contributed by atoms with van der Waals surface area (Å²) in [6.07, 6.45) is 3.66. The summed E-state index contributed by atoms with van der Waals surface area (Å²) in [5.41, 5.74) is 1.38. The van der Waals surface area contributed by atoms with Crippen molar-refractivity contribution in [2.24, 2.45) is 0 Å². The average molecular weight is 344 g/mol. The molecule has 0 aliphatic carbocycles. The highest BCUT2D eigenvalue weighted by atomic mass is 19.1. The lowest BCUT2D eigenvalue weighted by atomic mass is 9.92. The number of ether oxygens (including phenoxy) is 1. The first-order valence-corrected chi connectivity index (χ1v) is 8.22. The molecule has 25 heavy (non-hydrogen) atoms. The second kappa shape index (κ2) is 7.29. The Morgan fingerprint density at radius 1 is 1.36 bits per heavy atom. The fourth-order valence-electron chi connectivity index (χ4n) is 3.13. The SMILES string of the molecule is Cc1cnccc1C(=O)N1CCO[C@@](CO)(Cc2ccc(F)cc2)C1. The topological polar surface area (TPSA) is 62.7 Å². The first-order valence-electron chi connectivity index (χ1n) is 8.22. The van der Waals surface area contributed by atoms with Crippen molar-refractivity contribution in [2.75, 3.05) is 26.3 Å². The Labute approximate surface area is 146 Å². The van der Waals surface area contributed by atoms with E-state index in [4.69, 9.17) is 4.74 Å². The maximum atomic E-state index is 13.1. The number of aliphatic hydroxyl groups is 1. The Kier molecular flexibility index (Phi) is 5.11. The van der Waals surface area contributed by atoms with Crippen LogP contribution in [0.2, 0.25) is 0 Å². The van der Waals surface area contributed by atoms with Crippen LogP contribution in [-0.4, -0.2) is 52.8 Å². The summed E-state index contributed by atoms with van der Waals surface area (Å²) in [6, 6.07) is 7.81. The summed E-state index contributed by atoms with van der Waals surface area (Å²) in [5, 5.41) is 9.94. The van der Waals surface area contributed by atoms with Gasteiger partial charge in [-0.15, -0.1) is 0 Å². The van der Waals surface area contributed by atoms with Crippen LogP contribution < -0.4 is 0 Å². The van der Waals surface area contributed by atoms with Gasteiger partial charge in [0.15, 0.2) is 0 Å². The van der Waals surface area contributed by atoms with Crippen LogP contribution in [0.25, 0.3) is 0 Å². The van der Waals surface area contributed by atoms with E-state index >= 15 is 0 Å². The van der Waals surface area contributed by atoms with Crippen LogP contribution >= 0.6 is 0 Å². The highest BCUT2D eigenvalue weighted by Gasteiger charge is 2.38. The number of pyridine rings is 1. The molecule has 132 valence electrons. The molecule has 2 heterocycles. The number of benzene rings is 1. The molecule has 0 bridgehead atoms. The second-order valence-corrected chi connectivity index (χ2v) is 6.41. The molecular weight excluding hydrogens is 323 g/mol. The van der Waals surface area contributed by atoms with Crippen LogP contribution in [0.5, 0.6) is 0 Å². The fraction of sp³-hybridized carbons (Fsp3) is 0.368. The lowest BCUT2D eigenvalue weighted by molar-refractivity contribution is -0.123. The minimum Gasteiger partial charge on any atom is -0.393 e. The Morgan fingerprint density at radius 3 is 2.80 bits per heavy atom. The molecule has 0 spiro atoms. The summed E-state index contributed by atoms with van der Waals surface area (Å²) in [5.74, 6) is -0.406. The van der Waals surface area contributed by atoms with Gasteiger partial charge in [-0.2, -0.15) is 0 Å². The molecule has 3 rings (SSSR count). The van der Waals surface area contributed by atoms with Gasteiger partial charge in [0, 0.05) is 30.9 Å². The van der Waals surface area contributed by atoms with E-state index in [1.54, 1.807) is 35.5 Å². The van der Waals surface area contributed by atoms with Crippen LogP contribution in [0.4, 0.5) is 4.39 Å². The molecule has 1 N–H and O–H groups in total. The van der Waals surface area contributed by atoms with Gasteiger partial charge in [-0.1, -0.05) is 12.1 Å². The average Bonchev–Trinajstić information content (AvgIpc) is 2.64. The zero-order valence-corrected chi connectivity index (χ0v) is 14.1. The largest absolute Gasteiger partial charge is 0.393 e. The maximum absolute atomic E-state index is 13.1. The Hall–Kier alpha value is -2.31. The monoisotopic (exact) mass is 344 g/mol. The highest BCUT2D eigenvalue weighted by molar-refractivity contribution is 5.95. The third kappa shape index (κ3) is 3.86. The molecule has 1 saturated heterocycles. The van der Waals surface area contributed by atoms with Gasteiger partial charge in [-0.05, 0) is 36.2 Å². The van der Waals surface area contributed by atoms with Crippen LogP contribution in [0, 0.1) is 12.7 Å². The van der Waals surface area contributed by atoms with Gasteiger partial charge in [-0.3, -0.25) is 9.78 Å². The van der Waals surface area contributed by atoms with E-state index in [0.717, 1.165) is 11.1 Å². The molecule has 1 aromatic heterocycles. The number of aryl methyl sites for hydroxylation is 1. The van der Waals surface area contributed by atoms with Crippen LogP contribution in [-0.2, 0) is 11.2 Å². The Balaban J connectivity index is 1.79. The van der Waals surface area contributed by atoms with Crippen molar-refractivity contribution < 1.29 is 19.0 Å². The van der Waals surface area contributed by atoms with Crippen molar-refractivity contribution in [2.45, 2.75) is 18.9 Å². The highest BCUT2D eigenvalue weighted by Crippen LogP contribution is 2.25. The Morgan fingerprint density at radius 2 is 2.12 bits per heavy atom. The second-order valence-electron chi connectivity index (χ2n) is 6.41. The number of hydrogen-bond acceptors (Lipinski definition) is 4. The quantitative estimate of drug-likeness (QED) is 0.921. The van der Waals surface area contributed by atoms with Gasteiger partial charge >= 0.3 is 0 Å². The fourth-order valence-corrected chi connectivity index (χ4v) is 3.13. The van der Waals surface area contributed by atoms with E-state index in [1.807, 2.05) is 6.92 Å². The molecule has 1 atom stereocenters. The van der Waals surface area contributed by atoms with Gasteiger partial charge in [0.25, 0.3) is 5.91 Å². The van der Waals surface area contributed by atoms with E-state index in [2.05, 4.69) is 4.98 Å². The summed E-state index contributed by atoms with van der Waals surface area (Å²) in [7, 11) is 0. The zero-order valence-electron chi connectivity index (χ0n) is 14.1. The minimum absolute atomic E-state index is 0.0971. The molecule has 1 aromatic carbocycles. The van der Waals surface area contributed by atoms with Crippen molar-refractivity contribution in [1.29, 1.82) is 0 Å². The third-order valence-electron chi connectivity index (χ3n) is 4.51. The van der Waals surface area contributed by atoms with Crippen molar-refractivity contribution >= 4 is 5.91 Å². The molecule has 1 aliphatic rings. The number of aliphatic hydroxyl groups excluding tert-OH is 1. The molecule has 1 amide bonds. The van der Waals surface area contributed by atoms with Crippen molar-refractivity contribution in [3.05, 3.63) is 65.2 Å². The number of rotatable bonds is 4. The summed E-state index contributed by atoms with van der Waals surface area (Å²) in [4.78, 5) is 18.5. The lowest BCUT2D eigenvalue weighted by Gasteiger charge is -2.42. The number of hydrogen-bond donors (Lipinski definition) is 1. The predicted molar refractivity (Wildman–Crippen MR) is 90.8 cm³/mol. The zero-order chi connectivity index (χ0) is 17.9. The molecule has 2 aromatic rings. The standard InChI is InChI=1S/C19H21FN2O3/c1-14-11-21-7-6-17(14)18(24)22-8-9-25-19(12-22,13-23)10-15-2-4-16(20)5-3-15/h2-7,11,23H,8-10,12-13H2,1H3/t19-/m0/s1. The van der Waals surface area contributed by atoms with Crippen LogP contribution in [0.3, 0.4) is 0 Å². The molecular formula is C19H21FN2O3. The minimum atomic E-state index is -0.882. The van der Waals surface area contributed by atoms with E-state index in [-0.39, 0.29) is 24.9 Å². The van der Waals surface area contributed by atoms with Gasteiger partial charge in [0.05, 0.1) is 19.8 Å². The van der Waals surface area contributed by atoms with Crippen molar-refractivity contribution in [3.8, 4) is 0 Å². The number of aromatic nitrogens is 1. The molecule has 1 fully saturated rings. The maximum Gasteiger partial charge on any atom is 0.254 e. The lowest BCUT2D eigenvalue weighted by Crippen LogP contribution is -2.56. The molecule has 0 radical (unpaired) electrons.